The van der Waals surface area contributed by atoms with E-state index in [1.165, 1.54) is 0 Å². The highest BCUT2D eigenvalue weighted by atomic mass is 16.5. The maximum atomic E-state index is 5.42. The van der Waals surface area contributed by atoms with E-state index in [0.717, 1.165) is 32.8 Å². The molecule has 0 bridgehead atoms. The molecule has 72 valence electrons. The molecule has 1 rings (SSSR count). The van der Waals surface area contributed by atoms with Gasteiger partial charge in [0.1, 0.15) is 0 Å². The Morgan fingerprint density at radius 1 is 1.58 bits per heavy atom. The first-order chi connectivity index (χ1) is 5.84. The van der Waals surface area contributed by atoms with Crippen molar-refractivity contribution in [2.24, 2.45) is 0 Å². The molecule has 3 nitrogen and oxygen atoms in total. The van der Waals surface area contributed by atoms with E-state index in [2.05, 4.69) is 12.2 Å². The summed E-state index contributed by atoms with van der Waals surface area (Å²) in [6.45, 7) is 7.57. The molecule has 0 radical (unpaired) electrons. The summed E-state index contributed by atoms with van der Waals surface area (Å²) in [5.41, 5.74) is 0. The molecule has 0 aliphatic carbocycles. The van der Waals surface area contributed by atoms with Gasteiger partial charge in [0.15, 0.2) is 0 Å². The third-order valence-electron chi connectivity index (χ3n) is 2.23. The summed E-state index contributed by atoms with van der Waals surface area (Å²) in [7, 11) is 0. The summed E-state index contributed by atoms with van der Waals surface area (Å²) in [4.78, 5) is 0. The minimum Gasteiger partial charge on any atom is -0.380 e. The zero-order valence-corrected chi connectivity index (χ0v) is 8.01. The van der Waals surface area contributed by atoms with Crippen LogP contribution in [0, 0.1) is 0 Å². The Labute approximate surface area is 74.4 Å². The van der Waals surface area contributed by atoms with E-state index in [1.807, 2.05) is 6.92 Å². The van der Waals surface area contributed by atoms with Crippen LogP contribution >= 0.6 is 0 Å². The van der Waals surface area contributed by atoms with Crippen LogP contribution in [0.25, 0.3) is 0 Å². The monoisotopic (exact) mass is 173 g/mol. The van der Waals surface area contributed by atoms with Crippen LogP contribution in [0.4, 0.5) is 0 Å². The van der Waals surface area contributed by atoms with Crippen molar-refractivity contribution in [1.82, 2.24) is 5.32 Å². The lowest BCUT2D eigenvalue weighted by Gasteiger charge is -2.15. The summed E-state index contributed by atoms with van der Waals surface area (Å²) in [5, 5.41) is 3.42. The number of hydrogen-bond acceptors (Lipinski definition) is 3. The molecule has 1 aliphatic rings. The smallest absolute Gasteiger partial charge is 0.0700 e. The Morgan fingerprint density at radius 3 is 3.00 bits per heavy atom. The van der Waals surface area contributed by atoms with Crippen molar-refractivity contribution in [2.45, 2.75) is 32.4 Å². The summed E-state index contributed by atoms with van der Waals surface area (Å²) < 4.78 is 10.6. The van der Waals surface area contributed by atoms with Gasteiger partial charge in [0.2, 0.25) is 0 Å². The Hall–Kier alpha value is -0.120. The first kappa shape index (κ1) is 9.96. The van der Waals surface area contributed by atoms with E-state index in [9.17, 15) is 0 Å². The van der Waals surface area contributed by atoms with Crippen molar-refractivity contribution in [3.63, 3.8) is 0 Å². The van der Waals surface area contributed by atoms with Crippen molar-refractivity contribution in [3.05, 3.63) is 0 Å². The molecule has 3 heteroatoms. The van der Waals surface area contributed by atoms with Crippen LogP contribution < -0.4 is 5.32 Å². The molecule has 0 saturated carbocycles. The molecule has 0 spiro atoms. The second-order valence-electron chi connectivity index (χ2n) is 3.12. The lowest BCUT2D eigenvalue weighted by atomic mass is 10.1. The van der Waals surface area contributed by atoms with Gasteiger partial charge in [-0.15, -0.1) is 0 Å². The Kier molecular flexibility index (Phi) is 4.58. The maximum Gasteiger partial charge on any atom is 0.0700 e. The number of ether oxygens (including phenoxy) is 2. The molecule has 0 amide bonds. The second-order valence-corrected chi connectivity index (χ2v) is 3.12. The highest BCUT2D eigenvalue weighted by molar-refractivity contribution is 4.78. The lowest BCUT2D eigenvalue weighted by molar-refractivity contribution is 0.107. The number of hydrogen-bond donors (Lipinski definition) is 1. The first-order valence-electron chi connectivity index (χ1n) is 4.77. The van der Waals surface area contributed by atoms with Gasteiger partial charge in [0.05, 0.1) is 12.7 Å². The van der Waals surface area contributed by atoms with Crippen molar-refractivity contribution < 1.29 is 9.47 Å². The summed E-state index contributed by atoms with van der Waals surface area (Å²) in [6, 6.07) is 0.533. The summed E-state index contributed by atoms with van der Waals surface area (Å²) >= 11 is 0. The van der Waals surface area contributed by atoms with Gasteiger partial charge < -0.3 is 14.8 Å². The fourth-order valence-corrected chi connectivity index (χ4v) is 1.46. The first-order valence-corrected chi connectivity index (χ1v) is 4.77. The van der Waals surface area contributed by atoms with E-state index in [0.29, 0.717) is 12.1 Å². The highest BCUT2D eigenvalue weighted by Gasteiger charge is 2.22. The van der Waals surface area contributed by atoms with E-state index >= 15 is 0 Å². The standard InChI is InChI=1S/C9H19NO2/c1-3-11-7-5-10-9-4-6-12-8(9)2/h8-10H,3-7H2,1-2H3/t8-,9-/m0/s1. The predicted molar refractivity (Wildman–Crippen MR) is 48.3 cm³/mol. The number of rotatable bonds is 5. The van der Waals surface area contributed by atoms with Crippen LogP contribution in [0.5, 0.6) is 0 Å². The topological polar surface area (TPSA) is 30.5 Å². The average molecular weight is 173 g/mol. The Bertz CT molecular complexity index is 119. The van der Waals surface area contributed by atoms with Crippen LogP contribution in [0.3, 0.4) is 0 Å². The summed E-state index contributed by atoms with van der Waals surface area (Å²) in [6.07, 6.45) is 1.50. The van der Waals surface area contributed by atoms with Gasteiger partial charge in [-0.05, 0) is 20.3 Å². The third-order valence-corrected chi connectivity index (χ3v) is 2.23. The van der Waals surface area contributed by atoms with E-state index in [-0.39, 0.29) is 0 Å². The van der Waals surface area contributed by atoms with Gasteiger partial charge in [0.25, 0.3) is 0 Å². The molecule has 0 aromatic rings. The molecule has 1 aliphatic heterocycles. The second kappa shape index (κ2) is 5.51. The number of nitrogens with one attached hydrogen (secondary N) is 1. The zero-order valence-electron chi connectivity index (χ0n) is 8.01. The minimum absolute atomic E-state index is 0.367. The fourth-order valence-electron chi connectivity index (χ4n) is 1.46. The quantitative estimate of drug-likeness (QED) is 0.623. The lowest BCUT2D eigenvalue weighted by Crippen LogP contribution is -2.36. The summed E-state index contributed by atoms with van der Waals surface area (Å²) in [5.74, 6) is 0. The maximum absolute atomic E-state index is 5.42. The minimum atomic E-state index is 0.367. The third kappa shape index (κ3) is 3.09. The molecule has 0 unspecified atom stereocenters. The van der Waals surface area contributed by atoms with E-state index in [4.69, 9.17) is 9.47 Å². The van der Waals surface area contributed by atoms with Gasteiger partial charge in [-0.1, -0.05) is 0 Å². The van der Waals surface area contributed by atoms with Crippen molar-refractivity contribution in [3.8, 4) is 0 Å². The molecular formula is C9H19NO2. The van der Waals surface area contributed by atoms with Gasteiger partial charge in [0, 0.05) is 25.8 Å². The van der Waals surface area contributed by atoms with Crippen LogP contribution in [-0.4, -0.2) is 38.5 Å². The predicted octanol–water partition coefficient (Wildman–Crippen LogP) is 0.790. The molecule has 1 heterocycles. The van der Waals surface area contributed by atoms with Gasteiger partial charge >= 0.3 is 0 Å². The molecule has 12 heavy (non-hydrogen) atoms. The molecule has 1 fully saturated rings. The van der Waals surface area contributed by atoms with Crippen LogP contribution in [0.1, 0.15) is 20.3 Å². The van der Waals surface area contributed by atoms with Gasteiger partial charge in [-0.2, -0.15) is 0 Å². The van der Waals surface area contributed by atoms with Gasteiger partial charge in [-0.25, -0.2) is 0 Å². The largest absolute Gasteiger partial charge is 0.380 e. The molecule has 1 saturated heterocycles. The molecule has 0 aromatic carbocycles. The molecule has 1 N–H and O–H groups in total. The van der Waals surface area contributed by atoms with E-state index in [1.54, 1.807) is 0 Å². The van der Waals surface area contributed by atoms with Gasteiger partial charge in [-0.3, -0.25) is 0 Å². The van der Waals surface area contributed by atoms with Crippen LogP contribution in [0.15, 0.2) is 0 Å². The average Bonchev–Trinajstić information content (AvgIpc) is 2.46. The normalized spacial score (nSPS) is 29.5. The molecule has 0 aromatic heterocycles. The van der Waals surface area contributed by atoms with E-state index < -0.39 is 0 Å². The molecular weight excluding hydrogens is 154 g/mol. The van der Waals surface area contributed by atoms with Crippen LogP contribution in [0.2, 0.25) is 0 Å². The van der Waals surface area contributed by atoms with Crippen molar-refractivity contribution in [1.29, 1.82) is 0 Å². The van der Waals surface area contributed by atoms with Crippen molar-refractivity contribution in [2.75, 3.05) is 26.4 Å². The highest BCUT2D eigenvalue weighted by Crippen LogP contribution is 2.11. The fraction of sp³-hybridized carbons (Fsp3) is 1.00. The van der Waals surface area contributed by atoms with Crippen molar-refractivity contribution >= 4 is 0 Å². The zero-order chi connectivity index (χ0) is 8.81. The Morgan fingerprint density at radius 2 is 2.42 bits per heavy atom. The van der Waals surface area contributed by atoms with Crippen LogP contribution in [-0.2, 0) is 9.47 Å². The Balaban J connectivity index is 1.98. The molecule has 2 atom stereocenters. The SMILES string of the molecule is CCOCCN[C@H]1CCO[C@H]1C.